The topological polar surface area (TPSA) is 83.2 Å². The molecule has 1 unspecified atom stereocenters. The van der Waals surface area contributed by atoms with Crippen molar-refractivity contribution in [2.75, 3.05) is 33.7 Å². The van der Waals surface area contributed by atoms with Gasteiger partial charge in [-0.25, -0.2) is 0 Å². The van der Waals surface area contributed by atoms with Crippen LogP contribution in [0.1, 0.15) is 11.7 Å². The van der Waals surface area contributed by atoms with Gasteiger partial charge in [-0.3, -0.25) is 0 Å². The maximum Gasteiger partial charge on any atom is 0.203 e. The Kier molecular flexibility index (Phi) is 5.54. The third-order valence-electron chi connectivity index (χ3n) is 3.41. The van der Waals surface area contributed by atoms with E-state index in [1.54, 1.807) is 24.3 Å². The molecule has 1 atom stereocenters. The van der Waals surface area contributed by atoms with E-state index in [0.29, 0.717) is 34.2 Å². The molecule has 0 aliphatic rings. The molecule has 0 saturated carbocycles. The monoisotopic (exact) mass is 319 g/mol. The summed E-state index contributed by atoms with van der Waals surface area (Å²) >= 11 is 0. The van der Waals surface area contributed by atoms with Crippen LogP contribution in [0.3, 0.4) is 0 Å². The van der Waals surface area contributed by atoms with Crippen molar-refractivity contribution in [2.24, 2.45) is 0 Å². The molecule has 0 aliphatic carbocycles. The minimum Gasteiger partial charge on any atom is -0.493 e. The first-order chi connectivity index (χ1) is 11.1. The number of aliphatic hydroxyl groups excluding tert-OH is 1. The second-order valence-corrected chi connectivity index (χ2v) is 4.79. The summed E-state index contributed by atoms with van der Waals surface area (Å²) in [6.45, 7) is 0.0278. The number of methoxy groups -OCH3 is 3. The summed E-state index contributed by atoms with van der Waals surface area (Å²) in [5, 5.41) is 10.4. The van der Waals surface area contributed by atoms with Gasteiger partial charge in [0.15, 0.2) is 11.5 Å². The molecule has 0 aliphatic heterocycles. The number of anilines is 1. The molecule has 2 aromatic rings. The highest BCUT2D eigenvalue weighted by atomic mass is 16.5. The van der Waals surface area contributed by atoms with E-state index in [4.69, 9.17) is 24.7 Å². The van der Waals surface area contributed by atoms with Crippen molar-refractivity contribution in [1.29, 1.82) is 0 Å². The van der Waals surface area contributed by atoms with Crippen LogP contribution in [0, 0.1) is 0 Å². The van der Waals surface area contributed by atoms with Gasteiger partial charge in [-0.1, -0.05) is 12.1 Å². The summed E-state index contributed by atoms with van der Waals surface area (Å²) < 4.78 is 21.5. The average molecular weight is 319 g/mol. The van der Waals surface area contributed by atoms with Gasteiger partial charge in [0.25, 0.3) is 0 Å². The van der Waals surface area contributed by atoms with E-state index < -0.39 is 6.10 Å². The van der Waals surface area contributed by atoms with E-state index in [0.717, 1.165) is 0 Å². The quantitative estimate of drug-likeness (QED) is 0.763. The van der Waals surface area contributed by atoms with Crippen molar-refractivity contribution in [3.05, 3.63) is 42.0 Å². The molecular formula is C17H21NO5. The number of para-hydroxylation sites is 2. The summed E-state index contributed by atoms with van der Waals surface area (Å²) in [7, 11) is 4.55. The maximum atomic E-state index is 10.4. The molecule has 124 valence electrons. The molecule has 3 N–H and O–H groups in total. The van der Waals surface area contributed by atoms with Crippen LogP contribution in [-0.2, 0) is 0 Å². The standard InChI is InChI=1S/C17H21NO5/c1-20-15-9-8-11(16(21-2)17(15)22-3)13(19)10-23-14-7-5-4-6-12(14)18/h4-9,13,19H,10,18H2,1-3H3. The van der Waals surface area contributed by atoms with Gasteiger partial charge < -0.3 is 29.8 Å². The van der Waals surface area contributed by atoms with E-state index >= 15 is 0 Å². The van der Waals surface area contributed by atoms with Crippen LogP contribution >= 0.6 is 0 Å². The first-order valence-corrected chi connectivity index (χ1v) is 7.06. The molecule has 0 aromatic heterocycles. The fourth-order valence-corrected chi connectivity index (χ4v) is 2.26. The summed E-state index contributed by atoms with van der Waals surface area (Å²) in [5.41, 5.74) is 6.87. The number of hydrogen-bond donors (Lipinski definition) is 2. The molecule has 0 bridgehead atoms. The van der Waals surface area contributed by atoms with Crippen molar-refractivity contribution in [2.45, 2.75) is 6.10 Å². The van der Waals surface area contributed by atoms with Crippen LogP contribution < -0.4 is 24.7 Å². The molecule has 2 aromatic carbocycles. The highest BCUT2D eigenvalue weighted by Gasteiger charge is 2.21. The lowest BCUT2D eigenvalue weighted by atomic mass is 10.1. The van der Waals surface area contributed by atoms with Crippen molar-refractivity contribution in [3.8, 4) is 23.0 Å². The molecule has 23 heavy (non-hydrogen) atoms. The fourth-order valence-electron chi connectivity index (χ4n) is 2.26. The van der Waals surface area contributed by atoms with Gasteiger partial charge in [0.2, 0.25) is 5.75 Å². The SMILES string of the molecule is COc1ccc(C(O)COc2ccccc2N)c(OC)c1OC. The first-order valence-electron chi connectivity index (χ1n) is 7.06. The van der Waals surface area contributed by atoms with Crippen molar-refractivity contribution < 1.29 is 24.1 Å². The lowest BCUT2D eigenvalue weighted by Crippen LogP contribution is -2.12. The highest BCUT2D eigenvalue weighted by Crippen LogP contribution is 2.42. The zero-order chi connectivity index (χ0) is 16.8. The first kappa shape index (κ1) is 16.8. The zero-order valence-electron chi connectivity index (χ0n) is 13.4. The van der Waals surface area contributed by atoms with E-state index in [-0.39, 0.29) is 6.61 Å². The summed E-state index contributed by atoms with van der Waals surface area (Å²) in [5.74, 6) is 1.87. The van der Waals surface area contributed by atoms with Crippen LogP contribution in [0.15, 0.2) is 36.4 Å². The van der Waals surface area contributed by atoms with Crippen LogP contribution in [0.2, 0.25) is 0 Å². The van der Waals surface area contributed by atoms with Gasteiger partial charge >= 0.3 is 0 Å². The smallest absolute Gasteiger partial charge is 0.203 e. The molecule has 0 amide bonds. The normalized spacial score (nSPS) is 11.7. The van der Waals surface area contributed by atoms with Crippen LogP contribution in [-0.4, -0.2) is 33.0 Å². The number of nitrogens with two attached hydrogens (primary N) is 1. The second-order valence-electron chi connectivity index (χ2n) is 4.79. The third-order valence-corrected chi connectivity index (χ3v) is 3.41. The lowest BCUT2D eigenvalue weighted by Gasteiger charge is -2.19. The van der Waals surface area contributed by atoms with Gasteiger partial charge in [-0.2, -0.15) is 0 Å². The van der Waals surface area contributed by atoms with Gasteiger partial charge in [0.1, 0.15) is 18.5 Å². The minimum atomic E-state index is -0.913. The number of ether oxygens (including phenoxy) is 4. The van der Waals surface area contributed by atoms with Crippen LogP contribution in [0.5, 0.6) is 23.0 Å². The van der Waals surface area contributed by atoms with Crippen molar-refractivity contribution >= 4 is 5.69 Å². The Labute approximate surface area is 135 Å². The molecule has 6 heteroatoms. The molecule has 0 fully saturated rings. The average Bonchev–Trinajstić information content (AvgIpc) is 2.59. The van der Waals surface area contributed by atoms with Gasteiger partial charge in [0.05, 0.1) is 27.0 Å². The van der Waals surface area contributed by atoms with Crippen LogP contribution in [0.25, 0.3) is 0 Å². The largest absolute Gasteiger partial charge is 0.493 e. The molecule has 0 spiro atoms. The van der Waals surface area contributed by atoms with Gasteiger partial charge in [0, 0.05) is 5.56 Å². The Morgan fingerprint density at radius 1 is 0.913 bits per heavy atom. The predicted molar refractivity (Wildman–Crippen MR) is 87.4 cm³/mol. The van der Waals surface area contributed by atoms with E-state index in [1.165, 1.54) is 21.3 Å². The molecule has 0 radical (unpaired) electrons. The summed E-state index contributed by atoms with van der Waals surface area (Å²) in [6, 6.07) is 10.5. The third kappa shape index (κ3) is 3.60. The Balaban J connectivity index is 2.22. The number of benzene rings is 2. The molecular weight excluding hydrogens is 298 g/mol. The van der Waals surface area contributed by atoms with Gasteiger partial charge in [-0.05, 0) is 24.3 Å². The Hall–Kier alpha value is -2.60. The number of aliphatic hydroxyl groups is 1. The zero-order valence-corrected chi connectivity index (χ0v) is 13.4. The molecule has 0 heterocycles. The summed E-state index contributed by atoms with van der Waals surface area (Å²) in [4.78, 5) is 0. The lowest BCUT2D eigenvalue weighted by molar-refractivity contribution is 0.105. The molecule has 6 nitrogen and oxygen atoms in total. The molecule has 2 rings (SSSR count). The number of hydrogen-bond acceptors (Lipinski definition) is 6. The molecule has 0 saturated heterocycles. The summed E-state index contributed by atoms with van der Waals surface area (Å²) in [6.07, 6.45) is -0.913. The Morgan fingerprint density at radius 3 is 2.22 bits per heavy atom. The van der Waals surface area contributed by atoms with Gasteiger partial charge in [-0.15, -0.1) is 0 Å². The van der Waals surface area contributed by atoms with Crippen molar-refractivity contribution in [1.82, 2.24) is 0 Å². The van der Waals surface area contributed by atoms with E-state index in [1.807, 2.05) is 12.1 Å². The maximum absolute atomic E-state index is 10.4. The predicted octanol–water partition coefficient (Wildman–Crippen LogP) is 2.41. The van der Waals surface area contributed by atoms with Crippen LogP contribution in [0.4, 0.5) is 5.69 Å². The number of rotatable bonds is 7. The Bertz CT molecular complexity index is 659. The van der Waals surface area contributed by atoms with E-state index in [9.17, 15) is 5.11 Å². The highest BCUT2D eigenvalue weighted by molar-refractivity contribution is 5.56. The Morgan fingerprint density at radius 2 is 1.61 bits per heavy atom. The second kappa shape index (κ2) is 7.60. The van der Waals surface area contributed by atoms with E-state index in [2.05, 4.69) is 0 Å². The van der Waals surface area contributed by atoms with Crippen molar-refractivity contribution in [3.63, 3.8) is 0 Å². The fraction of sp³-hybridized carbons (Fsp3) is 0.294. The minimum absolute atomic E-state index is 0.0278. The number of nitrogen functional groups attached to an aromatic ring is 1.